The first-order chi connectivity index (χ1) is 5.99. The van der Waals surface area contributed by atoms with E-state index in [2.05, 4.69) is 32.6 Å². The molecular formula is C10H20O2Si. The summed E-state index contributed by atoms with van der Waals surface area (Å²) in [5, 5.41) is 0. The third kappa shape index (κ3) is 3.96. The summed E-state index contributed by atoms with van der Waals surface area (Å²) < 4.78 is 11.0. The van der Waals surface area contributed by atoms with Crippen LogP contribution in [0.2, 0.25) is 19.6 Å². The lowest BCUT2D eigenvalue weighted by atomic mass is 9.99. The molecule has 0 N–H and O–H groups in total. The predicted molar refractivity (Wildman–Crippen MR) is 57.0 cm³/mol. The molecule has 0 saturated carbocycles. The van der Waals surface area contributed by atoms with Gasteiger partial charge in [-0.15, -0.1) is 0 Å². The number of ether oxygens (including phenoxy) is 1. The van der Waals surface area contributed by atoms with Gasteiger partial charge in [-0.25, -0.2) is 0 Å². The molecule has 2 nitrogen and oxygen atoms in total. The largest absolute Gasteiger partial charge is 0.550 e. The van der Waals surface area contributed by atoms with Crippen molar-refractivity contribution in [3.63, 3.8) is 0 Å². The van der Waals surface area contributed by atoms with Crippen molar-refractivity contribution in [2.45, 2.75) is 26.6 Å². The van der Waals surface area contributed by atoms with Crippen molar-refractivity contribution in [3.05, 3.63) is 12.3 Å². The quantitative estimate of drug-likeness (QED) is 0.515. The lowest BCUT2D eigenvalue weighted by Gasteiger charge is -2.15. The van der Waals surface area contributed by atoms with Gasteiger partial charge in [-0.05, 0) is 31.6 Å². The zero-order chi connectivity index (χ0) is 9.90. The molecule has 0 amide bonds. The van der Waals surface area contributed by atoms with Crippen molar-refractivity contribution >= 4 is 8.32 Å². The predicted octanol–water partition coefficient (Wildman–Crippen LogP) is 2.63. The molecule has 1 heterocycles. The van der Waals surface area contributed by atoms with Gasteiger partial charge in [0, 0.05) is 12.5 Å². The molecule has 0 aromatic rings. The summed E-state index contributed by atoms with van der Waals surface area (Å²) in [4.78, 5) is 0. The summed E-state index contributed by atoms with van der Waals surface area (Å²) in [5.41, 5.74) is 0. The van der Waals surface area contributed by atoms with Crippen molar-refractivity contribution in [1.29, 1.82) is 0 Å². The molecule has 1 aliphatic heterocycles. The monoisotopic (exact) mass is 200 g/mol. The summed E-state index contributed by atoms with van der Waals surface area (Å²) in [6.07, 6.45) is 4.03. The highest BCUT2D eigenvalue weighted by Gasteiger charge is 2.22. The van der Waals surface area contributed by atoms with Gasteiger partial charge in [-0.2, -0.15) is 0 Å². The Kier molecular flexibility index (Phi) is 3.56. The molecule has 13 heavy (non-hydrogen) atoms. The second kappa shape index (κ2) is 4.29. The summed E-state index contributed by atoms with van der Waals surface area (Å²) >= 11 is 0. The Labute approximate surface area is 82.1 Å². The van der Waals surface area contributed by atoms with Crippen LogP contribution in [0.1, 0.15) is 6.92 Å². The van der Waals surface area contributed by atoms with Gasteiger partial charge in [-0.1, -0.05) is 6.92 Å². The summed E-state index contributed by atoms with van der Waals surface area (Å²) in [7, 11) is -1.38. The number of hydrogen-bond donors (Lipinski definition) is 0. The summed E-state index contributed by atoms with van der Waals surface area (Å²) in [6.45, 7) is 10.5. The highest BCUT2D eigenvalue weighted by molar-refractivity contribution is 6.69. The zero-order valence-corrected chi connectivity index (χ0v) is 10.0. The van der Waals surface area contributed by atoms with Crippen LogP contribution in [0.15, 0.2) is 12.3 Å². The van der Waals surface area contributed by atoms with Crippen LogP contribution in [0.5, 0.6) is 0 Å². The second-order valence-corrected chi connectivity index (χ2v) is 9.20. The van der Waals surface area contributed by atoms with Crippen LogP contribution < -0.4 is 0 Å². The van der Waals surface area contributed by atoms with Gasteiger partial charge in [-0.3, -0.25) is 0 Å². The van der Waals surface area contributed by atoms with Crippen LogP contribution in [-0.4, -0.2) is 21.5 Å². The lowest BCUT2D eigenvalue weighted by molar-refractivity contribution is 0.185. The first-order valence-electron chi connectivity index (χ1n) is 4.91. The molecule has 0 aromatic heterocycles. The van der Waals surface area contributed by atoms with Crippen LogP contribution in [0.4, 0.5) is 0 Å². The maximum atomic E-state index is 5.64. The Morgan fingerprint density at radius 1 is 1.31 bits per heavy atom. The SMILES string of the molecule is CC1COCC1/C=C/O[Si](C)(C)C. The molecule has 1 aliphatic rings. The molecule has 0 spiro atoms. The first-order valence-corrected chi connectivity index (χ1v) is 8.32. The molecule has 0 aliphatic carbocycles. The van der Waals surface area contributed by atoms with Crippen LogP contribution in [0.3, 0.4) is 0 Å². The standard InChI is InChI=1S/C10H20O2Si/c1-9-7-11-8-10(9)5-6-12-13(2,3)4/h5-6,9-10H,7-8H2,1-4H3/b6-5+. The van der Waals surface area contributed by atoms with Crippen LogP contribution >= 0.6 is 0 Å². The highest BCUT2D eigenvalue weighted by Crippen LogP contribution is 2.21. The van der Waals surface area contributed by atoms with Crippen molar-refractivity contribution in [2.24, 2.45) is 11.8 Å². The van der Waals surface area contributed by atoms with E-state index in [0.717, 1.165) is 13.2 Å². The Morgan fingerprint density at radius 3 is 2.46 bits per heavy atom. The van der Waals surface area contributed by atoms with Crippen molar-refractivity contribution < 1.29 is 9.16 Å². The Hall–Kier alpha value is -0.283. The average Bonchev–Trinajstić information content (AvgIpc) is 2.34. The lowest BCUT2D eigenvalue weighted by Crippen LogP contribution is -2.22. The molecule has 2 unspecified atom stereocenters. The van der Waals surface area contributed by atoms with Crippen molar-refractivity contribution in [1.82, 2.24) is 0 Å². The summed E-state index contributed by atoms with van der Waals surface area (Å²) in [6, 6.07) is 0. The van der Waals surface area contributed by atoms with E-state index < -0.39 is 8.32 Å². The number of hydrogen-bond acceptors (Lipinski definition) is 2. The molecule has 76 valence electrons. The normalized spacial score (nSPS) is 29.8. The Morgan fingerprint density at radius 2 is 2.00 bits per heavy atom. The minimum atomic E-state index is -1.38. The second-order valence-electron chi connectivity index (χ2n) is 4.74. The van der Waals surface area contributed by atoms with E-state index in [1.165, 1.54) is 0 Å². The van der Waals surface area contributed by atoms with Crippen molar-refractivity contribution in [3.8, 4) is 0 Å². The zero-order valence-electron chi connectivity index (χ0n) is 9.04. The van der Waals surface area contributed by atoms with Crippen molar-refractivity contribution in [2.75, 3.05) is 13.2 Å². The molecule has 0 bridgehead atoms. The smallest absolute Gasteiger partial charge is 0.241 e. The average molecular weight is 200 g/mol. The molecular weight excluding hydrogens is 180 g/mol. The maximum absolute atomic E-state index is 5.64. The van der Waals surface area contributed by atoms with Gasteiger partial charge >= 0.3 is 0 Å². The van der Waals surface area contributed by atoms with Gasteiger partial charge in [0.25, 0.3) is 0 Å². The van der Waals surface area contributed by atoms with E-state index in [-0.39, 0.29) is 0 Å². The minimum absolute atomic E-state index is 0.552. The third-order valence-corrected chi connectivity index (χ3v) is 3.01. The fourth-order valence-electron chi connectivity index (χ4n) is 1.27. The van der Waals surface area contributed by atoms with Gasteiger partial charge in [0.2, 0.25) is 8.32 Å². The molecule has 1 saturated heterocycles. The molecule has 1 fully saturated rings. The van der Waals surface area contributed by atoms with E-state index in [4.69, 9.17) is 9.16 Å². The topological polar surface area (TPSA) is 18.5 Å². The van der Waals surface area contributed by atoms with E-state index in [0.29, 0.717) is 11.8 Å². The van der Waals surface area contributed by atoms with Gasteiger partial charge in [0.1, 0.15) is 0 Å². The van der Waals surface area contributed by atoms with Gasteiger partial charge in [0.05, 0.1) is 12.9 Å². The van der Waals surface area contributed by atoms with Crippen LogP contribution in [0.25, 0.3) is 0 Å². The van der Waals surface area contributed by atoms with E-state index >= 15 is 0 Å². The fraction of sp³-hybridized carbons (Fsp3) is 0.800. The molecule has 2 atom stereocenters. The fourth-order valence-corrected chi connectivity index (χ4v) is 1.75. The Balaban J connectivity index is 2.31. The van der Waals surface area contributed by atoms with Crippen LogP contribution in [0, 0.1) is 11.8 Å². The maximum Gasteiger partial charge on any atom is 0.241 e. The third-order valence-electron chi connectivity index (χ3n) is 2.17. The Bertz CT molecular complexity index is 184. The van der Waals surface area contributed by atoms with Crippen LogP contribution in [-0.2, 0) is 9.16 Å². The first kappa shape index (κ1) is 10.8. The van der Waals surface area contributed by atoms with E-state index in [9.17, 15) is 0 Å². The molecule has 0 radical (unpaired) electrons. The summed E-state index contributed by atoms with van der Waals surface area (Å²) in [5.74, 6) is 1.19. The molecule has 3 heteroatoms. The van der Waals surface area contributed by atoms with Gasteiger partial charge < -0.3 is 9.16 Å². The minimum Gasteiger partial charge on any atom is -0.550 e. The number of rotatable bonds is 3. The van der Waals surface area contributed by atoms with E-state index in [1.807, 2.05) is 6.26 Å². The van der Waals surface area contributed by atoms with Gasteiger partial charge in [0.15, 0.2) is 0 Å². The molecule has 1 rings (SSSR count). The van der Waals surface area contributed by atoms with E-state index in [1.54, 1.807) is 0 Å². The molecule has 0 aromatic carbocycles. The highest BCUT2D eigenvalue weighted by atomic mass is 28.4.